The van der Waals surface area contributed by atoms with E-state index in [-0.39, 0.29) is 5.91 Å². The predicted molar refractivity (Wildman–Crippen MR) is 73.8 cm³/mol. The maximum Gasteiger partial charge on any atom is 0.263 e. The van der Waals surface area contributed by atoms with Crippen LogP contribution in [0, 0.1) is 0 Å². The van der Waals surface area contributed by atoms with Crippen molar-refractivity contribution in [1.29, 1.82) is 0 Å². The number of nitrogens with zero attached hydrogens (tertiary/aromatic N) is 1. The van der Waals surface area contributed by atoms with E-state index in [1.807, 2.05) is 0 Å². The van der Waals surface area contributed by atoms with Gasteiger partial charge in [0, 0.05) is 18.1 Å². The van der Waals surface area contributed by atoms with Crippen molar-refractivity contribution in [2.24, 2.45) is 0 Å². The summed E-state index contributed by atoms with van der Waals surface area (Å²) in [5.41, 5.74) is 0. The van der Waals surface area contributed by atoms with Crippen molar-refractivity contribution in [3.05, 3.63) is 28.2 Å². The van der Waals surface area contributed by atoms with E-state index in [2.05, 4.69) is 0 Å². The first-order valence-corrected chi connectivity index (χ1v) is 6.81. The molecule has 19 heavy (non-hydrogen) atoms. The van der Waals surface area contributed by atoms with Crippen molar-refractivity contribution in [2.45, 2.75) is 25.6 Å². The third-order valence-electron chi connectivity index (χ3n) is 3.02. The highest BCUT2D eigenvalue weighted by Gasteiger charge is 2.29. The number of ether oxygens (including phenoxy) is 1. The molecule has 1 aliphatic heterocycles. The molecule has 4 nitrogen and oxygen atoms in total. The highest BCUT2D eigenvalue weighted by molar-refractivity contribution is 6.35. The quantitative estimate of drug-likeness (QED) is 0.932. The van der Waals surface area contributed by atoms with Crippen molar-refractivity contribution in [3.8, 4) is 5.75 Å². The van der Waals surface area contributed by atoms with Crippen LogP contribution in [0.5, 0.6) is 5.75 Å². The fraction of sp³-hybridized carbons (Fsp3) is 0.462. The highest BCUT2D eigenvalue weighted by atomic mass is 35.5. The molecule has 1 fully saturated rings. The lowest BCUT2D eigenvalue weighted by Crippen LogP contribution is -2.39. The lowest BCUT2D eigenvalue weighted by Gasteiger charge is -2.21. The normalized spacial score (nSPS) is 20.4. The van der Waals surface area contributed by atoms with E-state index in [4.69, 9.17) is 27.9 Å². The zero-order valence-corrected chi connectivity index (χ0v) is 12.0. The Kier molecular flexibility index (Phi) is 4.55. The predicted octanol–water partition coefficient (Wildman–Crippen LogP) is 2.35. The number of aliphatic hydroxyl groups is 1. The number of benzene rings is 1. The summed E-state index contributed by atoms with van der Waals surface area (Å²) in [5.74, 6) is 0.272. The molecule has 1 amide bonds. The number of hydrogen-bond donors (Lipinski definition) is 1. The molecule has 6 heteroatoms. The molecule has 2 atom stereocenters. The Hall–Kier alpha value is -0.970. The first-order chi connectivity index (χ1) is 8.97. The first-order valence-electron chi connectivity index (χ1n) is 6.06. The van der Waals surface area contributed by atoms with Gasteiger partial charge in [-0.1, -0.05) is 23.2 Å². The van der Waals surface area contributed by atoms with Crippen LogP contribution >= 0.6 is 23.2 Å². The minimum Gasteiger partial charge on any atom is -0.479 e. The summed E-state index contributed by atoms with van der Waals surface area (Å²) in [6.07, 6.45) is -0.473. The molecular formula is C13H15Cl2NO3. The molecular weight excluding hydrogens is 289 g/mol. The summed E-state index contributed by atoms with van der Waals surface area (Å²) in [7, 11) is 0. The molecule has 0 saturated carbocycles. The van der Waals surface area contributed by atoms with E-state index in [9.17, 15) is 9.90 Å². The van der Waals surface area contributed by atoms with Crippen LogP contribution in [0.1, 0.15) is 13.3 Å². The Balaban J connectivity index is 2.00. The Morgan fingerprint density at radius 2 is 2.26 bits per heavy atom. The molecule has 1 N–H and O–H groups in total. The van der Waals surface area contributed by atoms with Crippen LogP contribution < -0.4 is 4.74 Å². The molecule has 0 radical (unpaired) electrons. The van der Waals surface area contributed by atoms with Crippen molar-refractivity contribution < 1.29 is 14.6 Å². The zero-order valence-electron chi connectivity index (χ0n) is 10.5. The average Bonchev–Trinajstić information content (AvgIpc) is 2.78. The Bertz CT molecular complexity index is 481. The summed E-state index contributed by atoms with van der Waals surface area (Å²) >= 11 is 11.8. The largest absolute Gasteiger partial charge is 0.479 e. The van der Waals surface area contributed by atoms with Crippen molar-refractivity contribution in [1.82, 2.24) is 4.90 Å². The van der Waals surface area contributed by atoms with Crippen LogP contribution in [0.15, 0.2) is 18.2 Å². The number of likely N-dealkylation sites (tertiary alicyclic amines) is 1. The van der Waals surface area contributed by atoms with Gasteiger partial charge in [0.2, 0.25) is 0 Å². The number of carbonyl (C=O) groups excluding carboxylic acids is 1. The van der Waals surface area contributed by atoms with Gasteiger partial charge in [-0.25, -0.2) is 0 Å². The topological polar surface area (TPSA) is 49.8 Å². The molecule has 104 valence electrons. The highest BCUT2D eigenvalue weighted by Crippen LogP contribution is 2.28. The molecule has 0 bridgehead atoms. The van der Waals surface area contributed by atoms with Crippen LogP contribution in [0.3, 0.4) is 0 Å². The van der Waals surface area contributed by atoms with Crippen LogP contribution in [-0.2, 0) is 4.79 Å². The van der Waals surface area contributed by atoms with Crippen molar-refractivity contribution in [3.63, 3.8) is 0 Å². The average molecular weight is 304 g/mol. The molecule has 0 aromatic heterocycles. The van der Waals surface area contributed by atoms with Gasteiger partial charge in [0.25, 0.3) is 5.91 Å². The maximum atomic E-state index is 12.1. The summed E-state index contributed by atoms with van der Waals surface area (Å²) in [6, 6.07) is 4.85. The first kappa shape index (κ1) is 14.4. The minimum atomic E-state index is -0.649. The maximum absolute atomic E-state index is 12.1. The van der Waals surface area contributed by atoms with Gasteiger partial charge >= 0.3 is 0 Å². The van der Waals surface area contributed by atoms with Crippen LogP contribution in [-0.4, -0.2) is 41.2 Å². The second kappa shape index (κ2) is 5.99. The fourth-order valence-electron chi connectivity index (χ4n) is 2.01. The molecule has 1 aromatic rings. The van der Waals surface area contributed by atoms with Gasteiger partial charge in [0.15, 0.2) is 6.10 Å². The Morgan fingerprint density at radius 1 is 1.53 bits per heavy atom. The second-order valence-electron chi connectivity index (χ2n) is 4.56. The Labute approximate surface area is 121 Å². The van der Waals surface area contributed by atoms with Crippen LogP contribution in [0.25, 0.3) is 0 Å². The van der Waals surface area contributed by atoms with Gasteiger partial charge in [0.1, 0.15) is 5.75 Å². The molecule has 0 aliphatic carbocycles. The lowest BCUT2D eigenvalue weighted by molar-refractivity contribution is -0.137. The van der Waals surface area contributed by atoms with Gasteiger partial charge in [0.05, 0.1) is 11.1 Å². The van der Waals surface area contributed by atoms with Crippen LogP contribution in [0.4, 0.5) is 0 Å². The van der Waals surface area contributed by atoms with E-state index in [1.165, 1.54) is 0 Å². The smallest absolute Gasteiger partial charge is 0.263 e. The molecule has 1 heterocycles. The van der Waals surface area contributed by atoms with Gasteiger partial charge in [-0.15, -0.1) is 0 Å². The summed E-state index contributed by atoms with van der Waals surface area (Å²) in [4.78, 5) is 13.7. The molecule has 1 aliphatic rings. The monoisotopic (exact) mass is 303 g/mol. The van der Waals surface area contributed by atoms with Crippen molar-refractivity contribution in [2.75, 3.05) is 13.1 Å². The van der Waals surface area contributed by atoms with Gasteiger partial charge in [-0.05, 0) is 31.5 Å². The SMILES string of the molecule is CC(Oc1ccc(Cl)cc1Cl)C(=O)N1CC[C@@H](O)C1. The van der Waals surface area contributed by atoms with Gasteiger partial charge in [-0.3, -0.25) is 4.79 Å². The second-order valence-corrected chi connectivity index (χ2v) is 5.41. The number of β-amino-alcohol motifs (C(OH)–C–C–N with tert-alkyl or cyclic N) is 1. The fourth-order valence-corrected chi connectivity index (χ4v) is 2.46. The van der Waals surface area contributed by atoms with E-state index < -0.39 is 12.2 Å². The Morgan fingerprint density at radius 3 is 2.84 bits per heavy atom. The number of aliphatic hydroxyl groups excluding tert-OH is 1. The summed E-state index contributed by atoms with van der Waals surface area (Å²) in [6.45, 7) is 2.58. The number of carbonyl (C=O) groups is 1. The third kappa shape index (κ3) is 3.53. The van der Waals surface area contributed by atoms with E-state index >= 15 is 0 Å². The minimum absolute atomic E-state index is 0.150. The van der Waals surface area contributed by atoms with Crippen LogP contribution in [0.2, 0.25) is 10.0 Å². The number of amides is 1. The zero-order chi connectivity index (χ0) is 14.0. The standard InChI is InChI=1S/C13H15Cl2NO3/c1-8(13(18)16-5-4-10(17)7-16)19-12-3-2-9(14)6-11(12)15/h2-3,6,8,10,17H,4-5,7H2,1H3/t8?,10-/m1/s1. The number of rotatable bonds is 3. The summed E-state index contributed by atoms with van der Waals surface area (Å²) in [5, 5.41) is 10.3. The van der Waals surface area contributed by atoms with E-state index in [0.717, 1.165) is 0 Å². The third-order valence-corrected chi connectivity index (χ3v) is 3.55. The van der Waals surface area contributed by atoms with E-state index in [1.54, 1.807) is 30.0 Å². The molecule has 0 spiro atoms. The number of hydrogen-bond acceptors (Lipinski definition) is 3. The lowest BCUT2D eigenvalue weighted by atomic mass is 10.3. The van der Waals surface area contributed by atoms with Crippen molar-refractivity contribution >= 4 is 29.1 Å². The van der Waals surface area contributed by atoms with E-state index in [0.29, 0.717) is 35.3 Å². The molecule has 1 aromatic carbocycles. The van der Waals surface area contributed by atoms with Gasteiger partial charge in [-0.2, -0.15) is 0 Å². The molecule has 1 unspecified atom stereocenters. The van der Waals surface area contributed by atoms with Gasteiger partial charge < -0.3 is 14.7 Å². The molecule has 2 rings (SSSR count). The summed E-state index contributed by atoms with van der Waals surface area (Å²) < 4.78 is 5.55. The number of halogens is 2. The molecule has 1 saturated heterocycles.